The summed E-state index contributed by atoms with van der Waals surface area (Å²) in [6.45, 7) is 0.956. The highest BCUT2D eigenvalue weighted by Gasteiger charge is 2.35. The van der Waals surface area contributed by atoms with Crippen LogP contribution in [0.1, 0.15) is 6.42 Å². The number of methoxy groups -OCH3 is 1. The molecule has 0 unspecified atom stereocenters. The number of anilines is 2. The Hall–Kier alpha value is -1.68. The Balaban J connectivity index is 1.57. The molecule has 1 saturated heterocycles. The predicted molar refractivity (Wildman–Crippen MR) is 103 cm³/mol. The monoisotopic (exact) mass is 412 g/mol. The van der Waals surface area contributed by atoms with Crippen LogP contribution in [0.3, 0.4) is 0 Å². The lowest BCUT2D eigenvalue weighted by Crippen LogP contribution is -2.28. The number of hydrogen-bond acceptors (Lipinski definition) is 7. The average molecular weight is 413 g/mol. The minimum absolute atomic E-state index is 0.0828. The van der Waals surface area contributed by atoms with Crippen LogP contribution in [0.5, 0.6) is 0 Å². The topological polar surface area (TPSA) is 84.4 Å². The number of hydrogen-bond donors (Lipinski definition) is 1. The van der Waals surface area contributed by atoms with E-state index in [9.17, 15) is 9.59 Å². The highest BCUT2D eigenvalue weighted by molar-refractivity contribution is 8.01. The van der Waals surface area contributed by atoms with E-state index in [1.54, 1.807) is 36.3 Å². The minimum atomic E-state index is -0.424. The molecule has 1 aliphatic rings. The number of benzene rings is 1. The molecule has 7 nitrogen and oxygen atoms in total. The number of rotatable bonds is 7. The Bertz CT molecular complexity index is 784. The molecular formula is C16H17ClN4O3S2. The lowest BCUT2D eigenvalue weighted by molar-refractivity contribution is -0.122. The zero-order chi connectivity index (χ0) is 18.5. The summed E-state index contributed by atoms with van der Waals surface area (Å²) in [7, 11) is 1.64. The fraction of sp³-hybridized carbons (Fsp3) is 0.375. The fourth-order valence-corrected chi connectivity index (χ4v) is 4.34. The van der Waals surface area contributed by atoms with Crippen molar-refractivity contribution in [3.05, 3.63) is 29.3 Å². The largest absolute Gasteiger partial charge is 0.384 e. The van der Waals surface area contributed by atoms with E-state index in [-0.39, 0.29) is 18.2 Å². The minimum Gasteiger partial charge on any atom is -0.384 e. The molecule has 2 aromatic rings. The zero-order valence-corrected chi connectivity index (χ0v) is 16.4. The maximum absolute atomic E-state index is 12.5. The highest BCUT2D eigenvalue weighted by atomic mass is 35.5. The SMILES string of the molecule is COCCSc1nnc(NC(=O)[C@@H]2CC(=O)N(c3ccc(Cl)cc3)C2)s1. The number of aromatic nitrogens is 2. The van der Waals surface area contributed by atoms with Gasteiger partial charge in [0.05, 0.1) is 12.5 Å². The van der Waals surface area contributed by atoms with Gasteiger partial charge in [-0.2, -0.15) is 0 Å². The molecule has 0 bridgehead atoms. The number of halogens is 1. The summed E-state index contributed by atoms with van der Waals surface area (Å²) in [5.41, 5.74) is 0.738. The average Bonchev–Trinajstić information content (AvgIpc) is 3.23. The van der Waals surface area contributed by atoms with Crippen LogP contribution in [0, 0.1) is 5.92 Å². The molecule has 1 atom stereocenters. The first kappa shape index (κ1) is 19.1. The third kappa shape index (κ3) is 4.73. The highest BCUT2D eigenvalue weighted by Crippen LogP contribution is 2.29. The van der Waals surface area contributed by atoms with E-state index < -0.39 is 5.92 Å². The maximum atomic E-state index is 12.5. The Morgan fingerprint density at radius 1 is 1.42 bits per heavy atom. The van der Waals surface area contributed by atoms with Crippen LogP contribution in [0.15, 0.2) is 28.6 Å². The molecule has 2 amide bonds. The third-order valence-corrected chi connectivity index (χ3v) is 5.97. The van der Waals surface area contributed by atoms with Crippen molar-refractivity contribution < 1.29 is 14.3 Å². The van der Waals surface area contributed by atoms with Gasteiger partial charge in [-0.3, -0.25) is 9.59 Å². The van der Waals surface area contributed by atoms with Crippen LogP contribution in [0.4, 0.5) is 10.8 Å². The standard InChI is InChI=1S/C16H17ClN4O3S2/c1-24-6-7-25-16-20-19-15(26-16)18-14(23)10-8-13(22)21(9-10)12-4-2-11(17)3-5-12/h2-5,10H,6-9H2,1H3,(H,18,19,23)/t10-/m1/s1. The third-order valence-electron chi connectivity index (χ3n) is 3.78. The number of ether oxygens (including phenoxy) is 1. The lowest BCUT2D eigenvalue weighted by Gasteiger charge is -2.16. The van der Waals surface area contributed by atoms with Crippen LogP contribution in [-0.4, -0.2) is 48.0 Å². The molecule has 3 rings (SSSR count). The molecule has 2 heterocycles. The van der Waals surface area contributed by atoms with Crippen molar-refractivity contribution in [2.24, 2.45) is 5.92 Å². The molecule has 1 aliphatic heterocycles. The van der Waals surface area contributed by atoms with Gasteiger partial charge in [0.1, 0.15) is 0 Å². The van der Waals surface area contributed by atoms with Gasteiger partial charge in [0, 0.05) is 36.5 Å². The molecule has 0 spiro atoms. The van der Waals surface area contributed by atoms with E-state index in [0.717, 1.165) is 15.8 Å². The molecule has 26 heavy (non-hydrogen) atoms. The van der Waals surface area contributed by atoms with Crippen molar-refractivity contribution in [3.8, 4) is 0 Å². The van der Waals surface area contributed by atoms with Gasteiger partial charge in [0.2, 0.25) is 16.9 Å². The summed E-state index contributed by atoms with van der Waals surface area (Å²) in [6.07, 6.45) is 0.169. The van der Waals surface area contributed by atoms with Crippen LogP contribution in [-0.2, 0) is 14.3 Å². The first-order valence-corrected chi connectivity index (χ1v) is 10.1. The fourth-order valence-electron chi connectivity index (χ4n) is 2.49. The van der Waals surface area contributed by atoms with Gasteiger partial charge >= 0.3 is 0 Å². The van der Waals surface area contributed by atoms with Gasteiger partial charge in [0.15, 0.2) is 4.34 Å². The summed E-state index contributed by atoms with van der Waals surface area (Å²) in [5.74, 6) is 0.0401. The van der Waals surface area contributed by atoms with Crippen LogP contribution in [0.2, 0.25) is 5.02 Å². The zero-order valence-electron chi connectivity index (χ0n) is 14.0. The number of carbonyl (C=O) groups excluding carboxylic acids is 2. The number of amides is 2. The van der Waals surface area contributed by atoms with Crippen LogP contribution >= 0.6 is 34.7 Å². The van der Waals surface area contributed by atoms with Gasteiger partial charge < -0.3 is 15.0 Å². The second-order valence-corrected chi connectivity index (χ2v) is 8.34. The van der Waals surface area contributed by atoms with Crippen molar-refractivity contribution in [2.45, 2.75) is 10.8 Å². The lowest BCUT2D eigenvalue weighted by atomic mass is 10.1. The molecular weight excluding hydrogens is 396 g/mol. The summed E-state index contributed by atoms with van der Waals surface area (Å²) in [5, 5.41) is 11.8. The second kappa shape index (κ2) is 8.81. The van der Waals surface area contributed by atoms with Crippen molar-refractivity contribution in [3.63, 3.8) is 0 Å². The van der Waals surface area contributed by atoms with Gasteiger partial charge in [-0.05, 0) is 24.3 Å². The van der Waals surface area contributed by atoms with Gasteiger partial charge in [-0.1, -0.05) is 34.7 Å². The van der Waals surface area contributed by atoms with Crippen molar-refractivity contribution in [1.29, 1.82) is 0 Å². The molecule has 1 aromatic heterocycles. The Labute approximate surface area is 164 Å². The van der Waals surface area contributed by atoms with Crippen LogP contribution < -0.4 is 10.2 Å². The molecule has 1 N–H and O–H groups in total. The van der Waals surface area contributed by atoms with Gasteiger partial charge in [-0.15, -0.1) is 10.2 Å². The second-order valence-electron chi connectivity index (χ2n) is 5.59. The van der Waals surface area contributed by atoms with Crippen molar-refractivity contribution in [2.75, 3.05) is 36.2 Å². The molecule has 0 saturated carbocycles. The summed E-state index contributed by atoms with van der Waals surface area (Å²) in [4.78, 5) is 26.3. The molecule has 138 valence electrons. The Morgan fingerprint density at radius 2 is 2.19 bits per heavy atom. The van der Waals surface area contributed by atoms with Gasteiger partial charge in [0.25, 0.3) is 0 Å². The number of nitrogens with zero attached hydrogens (tertiary/aromatic N) is 3. The Morgan fingerprint density at radius 3 is 2.92 bits per heavy atom. The number of nitrogens with one attached hydrogen (secondary N) is 1. The van der Waals surface area contributed by atoms with E-state index in [1.807, 2.05) is 0 Å². The van der Waals surface area contributed by atoms with E-state index in [2.05, 4.69) is 15.5 Å². The van der Waals surface area contributed by atoms with Crippen LogP contribution in [0.25, 0.3) is 0 Å². The quantitative estimate of drug-likeness (QED) is 0.427. The predicted octanol–water partition coefficient (Wildman–Crippen LogP) is 2.92. The molecule has 0 aliphatic carbocycles. The number of thioether (sulfide) groups is 1. The van der Waals surface area contributed by atoms with E-state index in [1.165, 1.54) is 23.1 Å². The van der Waals surface area contributed by atoms with E-state index in [0.29, 0.717) is 23.3 Å². The normalized spacial score (nSPS) is 16.9. The summed E-state index contributed by atoms with van der Waals surface area (Å²) >= 11 is 8.71. The first-order chi connectivity index (χ1) is 12.6. The smallest absolute Gasteiger partial charge is 0.231 e. The van der Waals surface area contributed by atoms with E-state index in [4.69, 9.17) is 16.3 Å². The molecule has 1 fully saturated rings. The number of carbonyl (C=O) groups is 2. The van der Waals surface area contributed by atoms with Gasteiger partial charge in [-0.25, -0.2) is 0 Å². The first-order valence-electron chi connectivity index (χ1n) is 7.89. The molecule has 10 heteroatoms. The summed E-state index contributed by atoms with van der Waals surface area (Å²) in [6, 6.07) is 6.99. The Kier molecular flexibility index (Phi) is 6.47. The van der Waals surface area contributed by atoms with E-state index >= 15 is 0 Å². The summed E-state index contributed by atoms with van der Waals surface area (Å²) < 4.78 is 5.75. The molecule has 1 aromatic carbocycles. The molecule has 0 radical (unpaired) electrons. The van der Waals surface area contributed by atoms with Crippen molar-refractivity contribution in [1.82, 2.24) is 10.2 Å². The van der Waals surface area contributed by atoms with Crippen molar-refractivity contribution >= 4 is 57.3 Å². The maximum Gasteiger partial charge on any atom is 0.231 e.